The monoisotopic (exact) mass is 201 g/mol. The quantitative estimate of drug-likeness (QED) is 0.796. The minimum atomic E-state index is 0.250. The van der Waals surface area contributed by atoms with Crippen molar-refractivity contribution in [2.75, 3.05) is 0 Å². The molecule has 0 saturated heterocycles. The lowest BCUT2D eigenvalue weighted by molar-refractivity contribution is 0.551. The number of rotatable bonds is 4. The second-order valence-electron chi connectivity index (χ2n) is 3.56. The van der Waals surface area contributed by atoms with Gasteiger partial charge in [-0.2, -0.15) is 0 Å². The van der Waals surface area contributed by atoms with E-state index in [4.69, 9.17) is 0 Å². The first-order valence-electron chi connectivity index (χ1n) is 5.13. The molecule has 15 heavy (non-hydrogen) atoms. The van der Waals surface area contributed by atoms with Crippen LogP contribution in [0.5, 0.6) is 0 Å². The van der Waals surface area contributed by atoms with Gasteiger partial charge in [-0.05, 0) is 12.5 Å². The van der Waals surface area contributed by atoms with Crippen LogP contribution < -0.4 is 5.32 Å². The van der Waals surface area contributed by atoms with Crippen molar-refractivity contribution >= 4 is 0 Å². The highest BCUT2D eigenvalue weighted by Gasteiger charge is 2.05. The topological polar surface area (TPSA) is 40.7 Å². The van der Waals surface area contributed by atoms with Crippen molar-refractivity contribution < 1.29 is 0 Å². The molecule has 0 amide bonds. The molecule has 1 unspecified atom stereocenters. The van der Waals surface area contributed by atoms with Gasteiger partial charge in [0.25, 0.3) is 0 Å². The van der Waals surface area contributed by atoms with Gasteiger partial charge in [0.1, 0.15) is 5.82 Å². The number of aromatic amines is 1. The Kier molecular flexibility index (Phi) is 3.15. The molecule has 1 heterocycles. The molecule has 1 aromatic carbocycles. The third-order valence-corrected chi connectivity index (χ3v) is 2.38. The Morgan fingerprint density at radius 3 is 2.80 bits per heavy atom. The molecule has 1 aromatic heterocycles. The number of imidazole rings is 1. The third-order valence-electron chi connectivity index (χ3n) is 2.38. The average Bonchev–Trinajstić information content (AvgIpc) is 2.81. The summed E-state index contributed by atoms with van der Waals surface area (Å²) in [5, 5.41) is 3.41. The zero-order valence-electron chi connectivity index (χ0n) is 8.77. The van der Waals surface area contributed by atoms with Gasteiger partial charge in [-0.15, -0.1) is 0 Å². The summed E-state index contributed by atoms with van der Waals surface area (Å²) in [4.78, 5) is 7.31. The van der Waals surface area contributed by atoms with Gasteiger partial charge in [0, 0.05) is 18.9 Å². The molecule has 78 valence electrons. The fraction of sp³-hybridized carbons (Fsp3) is 0.250. The zero-order chi connectivity index (χ0) is 10.5. The highest BCUT2D eigenvalue weighted by molar-refractivity contribution is 5.14. The van der Waals surface area contributed by atoms with E-state index >= 15 is 0 Å². The number of benzene rings is 1. The van der Waals surface area contributed by atoms with Crippen LogP contribution in [0.15, 0.2) is 42.7 Å². The van der Waals surface area contributed by atoms with Crippen molar-refractivity contribution in [1.82, 2.24) is 15.3 Å². The maximum Gasteiger partial charge on any atom is 0.122 e. The number of nitrogens with one attached hydrogen (secondary N) is 2. The Balaban J connectivity index is 1.89. The van der Waals surface area contributed by atoms with Gasteiger partial charge in [0.15, 0.2) is 0 Å². The molecule has 0 aliphatic carbocycles. The van der Waals surface area contributed by atoms with Crippen LogP contribution in [0.1, 0.15) is 24.4 Å². The first-order chi connectivity index (χ1) is 7.36. The Hall–Kier alpha value is -1.61. The second-order valence-corrected chi connectivity index (χ2v) is 3.56. The standard InChI is InChI=1S/C12H15N3/c1-10(12-13-7-8-14-12)15-9-11-5-3-2-4-6-11/h2-8,10,15H,9H2,1H3,(H,13,14). The Morgan fingerprint density at radius 1 is 1.33 bits per heavy atom. The fourth-order valence-corrected chi connectivity index (χ4v) is 1.48. The summed E-state index contributed by atoms with van der Waals surface area (Å²) in [6, 6.07) is 10.6. The van der Waals surface area contributed by atoms with Gasteiger partial charge >= 0.3 is 0 Å². The summed E-state index contributed by atoms with van der Waals surface area (Å²) in [5.41, 5.74) is 1.29. The van der Waals surface area contributed by atoms with E-state index in [1.54, 1.807) is 6.20 Å². The van der Waals surface area contributed by atoms with Crippen molar-refractivity contribution in [3.63, 3.8) is 0 Å². The lowest BCUT2D eigenvalue weighted by atomic mass is 10.2. The van der Waals surface area contributed by atoms with Gasteiger partial charge in [-0.3, -0.25) is 0 Å². The summed E-state index contributed by atoms with van der Waals surface area (Å²) in [5.74, 6) is 0.978. The molecule has 0 bridgehead atoms. The van der Waals surface area contributed by atoms with Gasteiger partial charge in [0.2, 0.25) is 0 Å². The van der Waals surface area contributed by atoms with E-state index < -0.39 is 0 Å². The normalized spacial score (nSPS) is 12.6. The van der Waals surface area contributed by atoms with Crippen LogP contribution in [0.3, 0.4) is 0 Å². The lowest BCUT2D eigenvalue weighted by Crippen LogP contribution is -2.19. The zero-order valence-corrected chi connectivity index (χ0v) is 8.77. The molecule has 0 aliphatic heterocycles. The molecule has 0 saturated carbocycles. The number of hydrogen-bond donors (Lipinski definition) is 2. The summed E-state index contributed by atoms with van der Waals surface area (Å²) in [7, 11) is 0. The van der Waals surface area contributed by atoms with E-state index in [9.17, 15) is 0 Å². The molecule has 0 aliphatic rings. The van der Waals surface area contributed by atoms with E-state index in [0.29, 0.717) is 0 Å². The predicted molar refractivity (Wildman–Crippen MR) is 60.3 cm³/mol. The number of nitrogens with zero attached hydrogens (tertiary/aromatic N) is 1. The van der Waals surface area contributed by atoms with Gasteiger partial charge in [-0.25, -0.2) is 4.98 Å². The minimum absolute atomic E-state index is 0.250. The fourth-order valence-electron chi connectivity index (χ4n) is 1.48. The van der Waals surface area contributed by atoms with Crippen LogP contribution in [0.2, 0.25) is 0 Å². The molecule has 0 spiro atoms. The summed E-state index contributed by atoms with van der Waals surface area (Å²) < 4.78 is 0. The van der Waals surface area contributed by atoms with Crippen LogP contribution in [0.25, 0.3) is 0 Å². The average molecular weight is 201 g/mol. The van der Waals surface area contributed by atoms with E-state index in [1.165, 1.54) is 5.56 Å². The molecule has 3 heteroatoms. The molecule has 0 fully saturated rings. The van der Waals surface area contributed by atoms with Gasteiger partial charge in [0.05, 0.1) is 6.04 Å². The van der Waals surface area contributed by atoms with Crippen LogP contribution in [-0.2, 0) is 6.54 Å². The minimum Gasteiger partial charge on any atom is -0.347 e. The first-order valence-corrected chi connectivity index (χ1v) is 5.13. The number of aromatic nitrogens is 2. The van der Waals surface area contributed by atoms with Crippen LogP contribution in [0.4, 0.5) is 0 Å². The smallest absolute Gasteiger partial charge is 0.122 e. The highest BCUT2D eigenvalue weighted by atomic mass is 15.0. The number of H-pyrrole nitrogens is 1. The van der Waals surface area contributed by atoms with Gasteiger partial charge in [-0.1, -0.05) is 30.3 Å². The van der Waals surface area contributed by atoms with Crippen LogP contribution in [0, 0.1) is 0 Å². The largest absolute Gasteiger partial charge is 0.347 e. The Labute approximate surface area is 89.6 Å². The molecule has 2 N–H and O–H groups in total. The molecule has 3 nitrogen and oxygen atoms in total. The molecule has 0 radical (unpaired) electrons. The van der Waals surface area contributed by atoms with E-state index in [1.807, 2.05) is 12.3 Å². The third kappa shape index (κ3) is 2.67. The van der Waals surface area contributed by atoms with Crippen molar-refractivity contribution in [2.24, 2.45) is 0 Å². The van der Waals surface area contributed by atoms with Crippen molar-refractivity contribution in [2.45, 2.75) is 19.5 Å². The summed E-state index contributed by atoms with van der Waals surface area (Å²) >= 11 is 0. The van der Waals surface area contributed by atoms with E-state index in [0.717, 1.165) is 12.4 Å². The first kappa shape index (κ1) is 9.93. The maximum absolute atomic E-state index is 4.21. The van der Waals surface area contributed by atoms with Gasteiger partial charge < -0.3 is 10.3 Å². The van der Waals surface area contributed by atoms with Crippen molar-refractivity contribution in [3.8, 4) is 0 Å². The summed E-state index contributed by atoms with van der Waals surface area (Å²) in [6.45, 7) is 2.96. The molecular formula is C12H15N3. The predicted octanol–water partition coefficient (Wildman–Crippen LogP) is 2.26. The molecular weight excluding hydrogens is 186 g/mol. The molecule has 1 atom stereocenters. The SMILES string of the molecule is CC(NCc1ccccc1)c1ncc[nH]1. The van der Waals surface area contributed by atoms with Crippen LogP contribution in [-0.4, -0.2) is 9.97 Å². The van der Waals surface area contributed by atoms with Crippen molar-refractivity contribution in [1.29, 1.82) is 0 Å². The molecule has 2 aromatic rings. The van der Waals surface area contributed by atoms with E-state index in [2.05, 4.69) is 46.5 Å². The Bertz CT molecular complexity index is 381. The maximum atomic E-state index is 4.21. The Morgan fingerprint density at radius 2 is 2.13 bits per heavy atom. The van der Waals surface area contributed by atoms with Crippen LogP contribution >= 0.6 is 0 Å². The number of hydrogen-bond acceptors (Lipinski definition) is 2. The highest BCUT2D eigenvalue weighted by Crippen LogP contribution is 2.07. The second kappa shape index (κ2) is 4.75. The molecule has 2 rings (SSSR count). The summed E-state index contributed by atoms with van der Waals surface area (Å²) in [6.07, 6.45) is 3.62. The van der Waals surface area contributed by atoms with Crippen molar-refractivity contribution in [3.05, 3.63) is 54.1 Å². The lowest BCUT2D eigenvalue weighted by Gasteiger charge is -2.10. The van der Waals surface area contributed by atoms with E-state index in [-0.39, 0.29) is 6.04 Å².